The minimum absolute atomic E-state index is 0.0230. The number of nitrogens with zero attached hydrogens (tertiary/aromatic N) is 5. The molecule has 3 rings (SSSR count). The van der Waals surface area contributed by atoms with Crippen LogP contribution in [0.2, 0.25) is 0 Å². The highest BCUT2D eigenvalue weighted by atomic mass is 16.2. The molecule has 1 aliphatic rings. The van der Waals surface area contributed by atoms with Gasteiger partial charge in [0.1, 0.15) is 6.54 Å². The minimum Gasteiger partial charge on any atom is -0.352 e. The van der Waals surface area contributed by atoms with Crippen LogP contribution < -0.4 is 10.2 Å². The Morgan fingerprint density at radius 1 is 1.00 bits per heavy atom. The third-order valence-electron chi connectivity index (χ3n) is 5.63. The van der Waals surface area contributed by atoms with Gasteiger partial charge in [-0.2, -0.15) is 0 Å². The molecular formula is C26H38N6O2. The number of benzene rings is 1. The molecule has 0 atom stereocenters. The first-order chi connectivity index (χ1) is 16.0. The van der Waals surface area contributed by atoms with Crippen molar-refractivity contribution in [3.05, 3.63) is 42.0 Å². The molecule has 0 unspecified atom stereocenters. The van der Waals surface area contributed by atoms with Crippen molar-refractivity contribution < 1.29 is 9.59 Å². The van der Waals surface area contributed by atoms with Crippen molar-refractivity contribution in [2.45, 2.75) is 47.1 Å². The molecule has 0 radical (unpaired) electrons. The molecule has 34 heavy (non-hydrogen) atoms. The van der Waals surface area contributed by atoms with E-state index in [4.69, 9.17) is 0 Å². The molecule has 2 heterocycles. The van der Waals surface area contributed by atoms with Crippen molar-refractivity contribution in [2.24, 2.45) is 5.92 Å². The molecule has 1 aromatic carbocycles. The van der Waals surface area contributed by atoms with Crippen molar-refractivity contribution in [3.8, 4) is 11.3 Å². The highest BCUT2D eigenvalue weighted by Gasteiger charge is 2.27. The van der Waals surface area contributed by atoms with E-state index in [9.17, 15) is 9.59 Å². The predicted molar refractivity (Wildman–Crippen MR) is 136 cm³/mol. The highest BCUT2D eigenvalue weighted by molar-refractivity contribution is 5.84. The number of carbonyl (C=O) groups is 2. The lowest BCUT2D eigenvalue weighted by atomic mass is 10.1. The number of nitrogens with one attached hydrogen (secondary N) is 1. The van der Waals surface area contributed by atoms with Gasteiger partial charge in [0.2, 0.25) is 5.91 Å². The Bertz CT molecular complexity index is 958. The lowest BCUT2D eigenvalue weighted by Gasteiger charge is -2.36. The lowest BCUT2D eigenvalue weighted by molar-refractivity contribution is -0.132. The second-order valence-corrected chi connectivity index (χ2v) is 10.5. The van der Waals surface area contributed by atoms with Gasteiger partial charge in [-0.25, -0.2) is 4.79 Å². The van der Waals surface area contributed by atoms with Gasteiger partial charge in [0.25, 0.3) is 0 Å². The fourth-order valence-corrected chi connectivity index (χ4v) is 3.88. The zero-order valence-electron chi connectivity index (χ0n) is 21.3. The number of piperazine rings is 1. The van der Waals surface area contributed by atoms with E-state index in [2.05, 4.69) is 39.5 Å². The number of urea groups is 1. The Morgan fingerprint density at radius 3 is 2.18 bits per heavy atom. The van der Waals surface area contributed by atoms with Gasteiger partial charge < -0.3 is 20.0 Å². The second-order valence-electron chi connectivity index (χ2n) is 10.5. The largest absolute Gasteiger partial charge is 0.352 e. The zero-order valence-corrected chi connectivity index (χ0v) is 21.3. The average molecular weight is 467 g/mol. The Hall–Kier alpha value is -3.16. The van der Waals surface area contributed by atoms with E-state index in [-0.39, 0.29) is 29.9 Å². The van der Waals surface area contributed by atoms with E-state index in [1.165, 1.54) is 5.56 Å². The summed E-state index contributed by atoms with van der Waals surface area (Å²) in [5, 5.41) is 11.8. The smallest absolute Gasteiger partial charge is 0.318 e. The first-order valence-electron chi connectivity index (χ1n) is 12.0. The van der Waals surface area contributed by atoms with Crippen LogP contribution in [0.4, 0.5) is 10.6 Å². The maximum absolute atomic E-state index is 13.0. The Labute approximate surface area is 203 Å². The molecule has 1 aromatic heterocycles. The fraction of sp³-hybridized carbons (Fsp3) is 0.538. The summed E-state index contributed by atoms with van der Waals surface area (Å²) in [7, 11) is 0. The van der Waals surface area contributed by atoms with Gasteiger partial charge in [-0.05, 0) is 45.7 Å². The lowest BCUT2D eigenvalue weighted by Crippen LogP contribution is -2.55. The molecule has 1 aliphatic heterocycles. The van der Waals surface area contributed by atoms with Gasteiger partial charge >= 0.3 is 6.03 Å². The molecule has 1 N–H and O–H groups in total. The van der Waals surface area contributed by atoms with Gasteiger partial charge in [-0.1, -0.05) is 43.7 Å². The second kappa shape index (κ2) is 10.8. The summed E-state index contributed by atoms with van der Waals surface area (Å²) in [6, 6.07) is 12.0. The molecule has 0 aliphatic carbocycles. The van der Waals surface area contributed by atoms with Crippen LogP contribution in [0.15, 0.2) is 36.4 Å². The summed E-state index contributed by atoms with van der Waals surface area (Å²) in [5.74, 6) is 1.07. The average Bonchev–Trinajstić information content (AvgIpc) is 2.78. The number of aryl methyl sites for hydroxylation is 1. The summed E-state index contributed by atoms with van der Waals surface area (Å²) in [6.45, 7) is 15.2. The standard InChI is InChI=1S/C26H38N6O2/c1-19(2)17-32(25(34)27-26(4,5)6)18-24(33)31-15-13-30(14-16-31)23-12-11-22(28-29-23)21-9-7-20(3)8-10-21/h7-12,19H,13-18H2,1-6H3,(H,27,34). The Balaban J connectivity index is 1.56. The molecule has 0 bridgehead atoms. The number of anilines is 1. The van der Waals surface area contributed by atoms with E-state index in [1.54, 1.807) is 4.90 Å². The van der Waals surface area contributed by atoms with Crippen LogP contribution >= 0.6 is 0 Å². The van der Waals surface area contributed by atoms with Crippen molar-refractivity contribution in [3.63, 3.8) is 0 Å². The topological polar surface area (TPSA) is 81.7 Å². The quantitative estimate of drug-likeness (QED) is 0.704. The van der Waals surface area contributed by atoms with Crippen molar-refractivity contribution in [2.75, 3.05) is 44.2 Å². The summed E-state index contributed by atoms with van der Waals surface area (Å²) in [4.78, 5) is 31.3. The normalized spacial score (nSPS) is 14.3. The van der Waals surface area contributed by atoms with E-state index in [0.29, 0.717) is 32.7 Å². The van der Waals surface area contributed by atoms with Gasteiger partial charge in [0.05, 0.1) is 5.69 Å². The highest BCUT2D eigenvalue weighted by Crippen LogP contribution is 2.20. The number of amides is 3. The Morgan fingerprint density at radius 2 is 1.65 bits per heavy atom. The third-order valence-corrected chi connectivity index (χ3v) is 5.63. The molecule has 8 heteroatoms. The van der Waals surface area contributed by atoms with E-state index in [1.807, 2.05) is 63.8 Å². The molecule has 0 spiro atoms. The number of hydrogen-bond acceptors (Lipinski definition) is 5. The van der Waals surface area contributed by atoms with Crippen LogP contribution in [0.3, 0.4) is 0 Å². The monoisotopic (exact) mass is 466 g/mol. The number of hydrogen-bond donors (Lipinski definition) is 1. The minimum atomic E-state index is -0.350. The van der Waals surface area contributed by atoms with Crippen molar-refractivity contribution in [1.82, 2.24) is 25.3 Å². The van der Waals surface area contributed by atoms with E-state index < -0.39 is 0 Å². The number of carbonyl (C=O) groups excluding carboxylic acids is 2. The SMILES string of the molecule is Cc1ccc(-c2ccc(N3CCN(C(=O)CN(CC(C)C)C(=O)NC(C)(C)C)CC3)nn2)cc1. The van der Waals surface area contributed by atoms with E-state index >= 15 is 0 Å². The maximum atomic E-state index is 13.0. The number of aromatic nitrogens is 2. The molecule has 3 amide bonds. The summed E-state index contributed by atoms with van der Waals surface area (Å²) < 4.78 is 0. The van der Waals surface area contributed by atoms with Crippen molar-refractivity contribution >= 4 is 17.8 Å². The van der Waals surface area contributed by atoms with Gasteiger partial charge in [-0.3, -0.25) is 4.79 Å². The summed E-state index contributed by atoms with van der Waals surface area (Å²) in [6.07, 6.45) is 0. The van der Waals surface area contributed by atoms with E-state index in [0.717, 1.165) is 17.1 Å². The first kappa shape index (κ1) is 25.5. The van der Waals surface area contributed by atoms with Crippen LogP contribution in [0, 0.1) is 12.8 Å². The molecule has 2 aromatic rings. The van der Waals surface area contributed by atoms with Crippen LogP contribution in [0.25, 0.3) is 11.3 Å². The maximum Gasteiger partial charge on any atom is 0.318 e. The van der Waals surface area contributed by atoms with Crippen LogP contribution in [0.1, 0.15) is 40.2 Å². The molecule has 1 fully saturated rings. The van der Waals surface area contributed by atoms with Crippen molar-refractivity contribution in [1.29, 1.82) is 0 Å². The molecule has 8 nitrogen and oxygen atoms in total. The molecule has 184 valence electrons. The predicted octanol–water partition coefficient (Wildman–Crippen LogP) is 3.57. The first-order valence-corrected chi connectivity index (χ1v) is 12.0. The number of rotatable bonds is 6. The molecular weight excluding hydrogens is 428 g/mol. The van der Waals surface area contributed by atoms with Crippen LogP contribution in [-0.2, 0) is 4.79 Å². The fourth-order valence-electron chi connectivity index (χ4n) is 3.88. The van der Waals surface area contributed by atoms with Crippen LogP contribution in [0.5, 0.6) is 0 Å². The molecule has 0 saturated carbocycles. The summed E-state index contributed by atoms with van der Waals surface area (Å²) >= 11 is 0. The van der Waals surface area contributed by atoms with Crippen LogP contribution in [-0.4, -0.2) is 76.7 Å². The Kier molecular flexibility index (Phi) is 8.12. The zero-order chi connectivity index (χ0) is 24.9. The molecule has 1 saturated heterocycles. The third kappa shape index (κ3) is 7.17. The van der Waals surface area contributed by atoms with Gasteiger partial charge in [0.15, 0.2) is 5.82 Å². The van der Waals surface area contributed by atoms with Gasteiger partial charge in [-0.15, -0.1) is 10.2 Å². The summed E-state index contributed by atoms with van der Waals surface area (Å²) in [5.41, 5.74) is 2.75. The van der Waals surface area contributed by atoms with Gasteiger partial charge in [0, 0.05) is 43.8 Å².